The normalized spacial score (nSPS) is 28.4. The highest BCUT2D eigenvalue weighted by atomic mass is 16.5. The van der Waals surface area contributed by atoms with E-state index in [1.54, 1.807) is 6.92 Å². The molecule has 2 saturated heterocycles. The number of nitrogens with zero attached hydrogens (tertiary/aromatic N) is 2. The Balaban J connectivity index is 1.86. The van der Waals surface area contributed by atoms with Gasteiger partial charge in [0.2, 0.25) is 5.91 Å². The minimum absolute atomic E-state index is 0.0745. The number of hydrogen-bond acceptors (Lipinski definition) is 5. The molecule has 3 atom stereocenters. The van der Waals surface area contributed by atoms with Gasteiger partial charge in [-0.25, -0.2) is 0 Å². The minimum Gasteiger partial charge on any atom is -0.392 e. The number of aliphatic hydroxyl groups excluding tert-OH is 1. The average Bonchev–Trinajstić information content (AvgIpc) is 2.48. The van der Waals surface area contributed by atoms with Crippen molar-refractivity contribution >= 4 is 5.91 Å². The topological polar surface area (TPSA) is 79.0 Å². The Morgan fingerprint density at radius 2 is 2.05 bits per heavy atom. The van der Waals surface area contributed by atoms with Gasteiger partial charge in [0.05, 0.1) is 12.1 Å². The number of rotatable bonds is 4. The summed E-state index contributed by atoms with van der Waals surface area (Å²) in [6.45, 7) is 8.18. The van der Waals surface area contributed by atoms with Crippen LogP contribution in [0.3, 0.4) is 0 Å². The van der Waals surface area contributed by atoms with Crippen molar-refractivity contribution in [1.82, 2.24) is 9.80 Å². The molecule has 3 unspecified atom stereocenters. The van der Waals surface area contributed by atoms with E-state index in [0.29, 0.717) is 32.8 Å². The van der Waals surface area contributed by atoms with Crippen molar-refractivity contribution in [2.24, 2.45) is 11.7 Å². The lowest BCUT2D eigenvalue weighted by Gasteiger charge is -2.42. The van der Waals surface area contributed by atoms with Gasteiger partial charge in [-0.2, -0.15) is 0 Å². The summed E-state index contributed by atoms with van der Waals surface area (Å²) in [5, 5.41) is 9.50. The van der Waals surface area contributed by atoms with E-state index in [2.05, 4.69) is 11.8 Å². The van der Waals surface area contributed by atoms with E-state index in [4.69, 9.17) is 10.5 Å². The summed E-state index contributed by atoms with van der Waals surface area (Å²) in [5.74, 6) is 0.322. The standard InChI is InChI=1S/C15H29N3O3/c1-11-9-18(6-5-17(11)10-12(2)19)15(20)14(16)13-3-7-21-8-4-13/h11-14,19H,3-10,16H2,1-2H3. The van der Waals surface area contributed by atoms with Crippen LogP contribution in [0.25, 0.3) is 0 Å². The molecule has 2 heterocycles. The van der Waals surface area contributed by atoms with Crippen LogP contribution in [0.4, 0.5) is 0 Å². The lowest BCUT2D eigenvalue weighted by Crippen LogP contribution is -2.58. The van der Waals surface area contributed by atoms with Crippen molar-refractivity contribution in [3.05, 3.63) is 0 Å². The third kappa shape index (κ3) is 4.39. The van der Waals surface area contributed by atoms with Gasteiger partial charge in [-0.15, -0.1) is 0 Å². The Morgan fingerprint density at radius 3 is 2.62 bits per heavy atom. The number of piperazine rings is 1. The van der Waals surface area contributed by atoms with E-state index in [1.807, 2.05) is 4.90 Å². The SMILES string of the molecule is CC(O)CN1CCN(C(=O)C(N)C2CCOCC2)CC1C. The monoisotopic (exact) mass is 299 g/mol. The lowest BCUT2D eigenvalue weighted by molar-refractivity contribution is -0.137. The van der Waals surface area contributed by atoms with Crippen molar-refractivity contribution < 1.29 is 14.6 Å². The molecule has 3 N–H and O–H groups in total. The zero-order chi connectivity index (χ0) is 15.4. The number of carbonyl (C=O) groups is 1. The number of ether oxygens (including phenoxy) is 1. The molecule has 0 bridgehead atoms. The molecule has 6 nitrogen and oxygen atoms in total. The molecule has 0 radical (unpaired) electrons. The second-order valence-corrected chi connectivity index (χ2v) is 6.45. The number of β-amino-alcohol motifs (C(OH)–C–C–N with tert-alkyl or cyclic N) is 1. The molecule has 0 aromatic rings. The summed E-state index contributed by atoms with van der Waals surface area (Å²) < 4.78 is 5.33. The minimum atomic E-state index is -0.399. The first-order valence-corrected chi connectivity index (χ1v) is 8.03. The van der Waals surface area contributed by atoms with E-state index in [1.165, 1.54) is 0 Å². The van der Waals surface area contributed by atoms with Crippen LogP contribution in [0.15, 0.2) is 0 Å². The first-order chi connectivity index (χ1) is 9.99. The van der Waals surface area contributed by atoms with Gasteiger partial charge in [-0.1, -0.05) is 0 Å². The van der Waals surface area contributed by atoms with Gasteiger partial charge < -0.3 is 20.5 Å². The predicted octanol–water partition coefficient (Wildman–Crippen LogP) is -0.346. The largest absolute Gasteiger partial charge is 0.392 e. The molecule has 0 spiro atoms. The van der Waals surface area contributed by atoms with Crippen molar-refractivity contribution in [2.75, 3.05) is 39.4 Å². The molecular weight excluding hydrogens is 270 g/mol. The molecule has 2 aliphatic heterocycles. The molecule has 6 heteroatoms. The highest BCUT2D eigenvalue weighted by molar-refractivity contribution is 5.82. The summed E-state index contributed by atoms with van der Waals surface area (Å²) in [6, 6.07) is -0.136. The van der Waals surface area contributed by atoms with Gasteiger partial charge in [-0.05, 0) is 32.6 Å². The molecule has 2 rings (SSSR count). The number of nitrogens with two attached hydrogens (primary N) is 1. The summed E-state index contributed by atoms with van der Waals surface area (Å²) >= 11 is 0. The maximum atomic E-state index is 12.6. The van der Waals surface area contributed by atoms with Crippen molar-refractivity contribution in [3.63, 3.8) is 0 Å². The fourth-order valence-electron chi connectivity index (χ4n) is 3.29. The van der Waals surface area contributed by atoms with Crippen LogP contribution in [0.2, 0.25) is 0 Å². The Bertz CT molecular complexity index is 345. The van der Waals surface area contributed by atoms with Gasteiger partial charge in [0.25, 0.3) is 0 Å². The second-order valence-electron chi connectivity index (χ2n) is 6.45. The van der Waals surface area contributed by atoms with E-state index in [-0.39, 0.29) is 24.0 Å². The molecule has 0 aromatic carbocycles. The van der Waals surface area contributed by atoms with E-state index >= 15 is 0 Å². The summed E-state index contributed by atoms with van der Waals surface area (Å²) in [5.41, 5.74) is 6.18. The van der Waals surface area contributed by atoms with Gasteiger partial charge in [-0.3, -0.25) is 9.69 Å². The van der Waals surface area contributed by atoms with Gasteiger partial charge in [0.1, 0.15) is 0 Å². The Hall–Kier alpha value is -0.690. The van der Waals surface area contributed by atoms with Crippen molar-refractivity contribution in [3.8, 4) is 0 Å². The average molecular weight is 299 g/mol. The lowest BCUT2D eigenvalue weighted by atomic mass is 9.91. The van der Waals surface area contributed by atoms with Crippen molar-refractivity contribution in [2.45, 2.75) is 44.9 Å². The van der Waals surface area contributed by atoms with Crippen LogP contribution in [0.1, 0.15) is 26.7 Å². The predicted molar refractivity (Wildman–Crippen MR) is 80.8 cm³/mol. The third-order valence-corrected chi connectivity index (χ3v) is 4.63. The van der Waals surface area contributed by atoms with Crippen LogP contribution in [-0.2, 0) is 9.53 Å². The summed E-state index contributed by atoms with van der Waals surface area (Å²) in [6.07, 6.45) is 1.42. The van der Waals surface area contributed by atoms with Crippen LogP contribution < -0.4 is 5.73 Å². The Kier molecular flexibility index (Phi) is 5.98. The first-order valence-electron chi connectivity index (χ1n) is 8.03. The van der Waals surface area contributed by atoms with Crippen LogP contribution in [0, 0.1) is 5.92 Å². The molecule has 21 heavy (non-hydrogen) atoms. The zero-order valence-corrected chi connectivity index (χ0v) is 13.2. The third-order valence-electron chi connectivity index (χ3n) is 4.63. The van der Waals surface area contributed by atoms with Crippen LogP contribution in [-0.4, -0.2) is 78.4 Å². The smallest absolute Gasteiger partial charge is 0.239 e. The fraction of sp³-hybridized carbons (Fsp3) is 0.933. The number of amides is 1. The van der Waals surface area contributed by atoms with Crippen LogP contribution >= 0.6 is 0 Å². The first kappa shape index (κ1) is 16.7. The number of carbonyl (C=O) groups excluding carboxylic acids is 1. The quantitative estimate of drug-likeness (QED) is 0.742. The summed E-state index contributed by atoms with van der Waals surface area (Å²) in [4.78, 5) is 16.7. The molecule has 2 aliphatic rings. The number of aliphatic hydroxyl groups is 1. The highest BCUT2D eigenvalue weighted by Gasteiger charge is 2.33. The van der Waals surface area contributed by atoms with E-state index in [0.717, 1.165) is 19.4 Å². The van der Waals surface area contributed by atoms with Gasteiger partial charge >= 0.3 is 0 Å². The zero-order valence-electron chi connectivity index (χ0n) is 13.2. The molecule has 122 valence electrons. The molecular formula is C15H29N3O3. The maximum absolute atomic E-state index is 12.6. The highest BCUT2D eigenvalue weighted by Crippen LogP contribution is 2.20. The summed E-state index contributed by atoms with van der Waals surface area (Å²) in [7, 11) is 0. The Labute approximate surface area is 127 Å². The van der Waals surface area contributed by atoms with Gasteiger partial charge in [0.15, 0.2) is 0 Å². The van der Waals surface area contributed by atoms with E-state index in [9.17, 15) is 9.90 Å². The Morgan fingerprint density at radius 1 is 1.38 bits per heavy atom. The number of hydrogen-bond donors (Lipinski definition) is 2. The molecule has 0 aromatic heterocycles. The molecule has 1 amide bonds. The maximum Gasteiger partial charge on any atom is 0.239 e. The molecule has 0 saturated carbocycles. The van der Waals surface area contributed by atoms with Gasteiger partial charge in [0, 0.05) is 45.4 Å². The fourth-order valence-corrected chi connectivity index (χ4v) is 3.29. The molecule has 2 fully saturated rings. The second kappa shape index (κ2) is 7.54. The van der Waals surface area contributed by atoms with Crippen LogP contribution in [0.5, 0.6) is 0 Å². The van der Waals surface area contributed by atoms with Crippen molar-refractivity contribution in [1.29, 1.82) is 0 Å². The molecule has 0 aliphatic carbocycles. The van der Waals surface area contributed by atoms with E-state index < -0.39 is 6.04 Å².